The molecule has 0 aliphatic carbocycles. The Labute approximate surface area is 170 Å². The minimum atomic E-state index is 0.249. The fourth-order valence-corrected chi connectivity index (χ4v) is 2.62. The van der Waals surface area contributed by atoms with Crippen molar-refractivity contribution in [3.63, 3.8) is 0 Å². The van der Waals surface area contributed by atoms with Crippen LogP contribution in [0.25, 0.3) is 10.9 Å². The Morgan fingerprint density at radius 3 is 2.48 bits per heavy atom. The topological polar surface area (TPSA) is 74.7 Å². The molecule has 0 radical (unpaired) electrons. The molecule has 0 spiro atoms. The molecule has 0 aliphatic heterocycles. The van der Waals surface area contributed by atoms with Crippen LogP contribution in [0.2, 0.25) is 0 Å². The molecule has 7 heteroatoms. The van der Waals surface area contributed by atoms with E-state index in [1.807, 2.05) is 42.5 Å². The summed E-state index contributed by atoms with van der Waals surface area (Å²) in [7, 11) is 3.24. The summed E-state index contributed by atoms with van der Waals surface area (Å²) in [5, 5.41) is 4.13. The van der Waals surface area contributed by atoms with Gasteiger partial charge >= 0.3 is 6.01 Å². The van der Waals surface area contributed by atoms with E-state index >= 15 is 0 Å². The average molecular weight is 393 g/mol. The van der Waals surface area contributed by atoms with Crippen LogP contribution in [0.1, 0.15) is 5.56 Å². The van der Waals surface area contributed by atoms with Crippen LogP contribution in [0.15, 0.2) is 42.5 Å². The summed E-state index contributed by atoms with van der Waals surface area (Å²) in [4.78, 5) is 9.02. The molecule has 1 aromatic heterocycles. The number of fused-ring (bicyclic) bond motifs is 1. The Bertz CT molecular complexity index is 996. The van der Waals surface area contributed by atoms with Crippen molar-refractivity contribution in [3.8, 4) is 24.1 Å². The highest BCUT2D eigenvalue weighted by Crippen LogP contribution is 2.29. The van der Waals surface area contributed by atoms with Gasteiger partial charge in [-0.2, -0.15) is 9.97 Å². The summed E-state index contributed by atoms with van der Waals surface area (Å²) < 4.78 is 21.4. The second kappa shape index (κ2) is 10.3. The van der Waals surface area contributed by atoms with E-state index in [1.165, 1.54) is 0 Å². The van der Waals surface area contributed by atoms with Gasteiger partial charge in [-0.1, -0.05) is 12.0 Å². The van der Waals surface area contributed by atoms with E-state index in [1.54, 1.807) is 14.2 Å². The molecule has 0 aliphatic rings. The van der Waals surface area contributed by atoms with Gasteiger partial charge < -0.3 is 24.3 Å². The van der Waals surface area contributed by atoms with Gasteiger partial charge in [0.2, 0.25) is 0 Å². The number of benzene rings is 2. The molecule has 7 nitrogen and oxygen atoms in total. The van der Waals surface area contributed by atoms with Gasteiger partial charge in [0, 0.05) is 36.9 Å². The number of nitrogens with one attached hydrogen (secondary N) is 1. The predicted octanol–water partition coefficient (Wildman–Crippen LogP) is 3.41. The van der Waals surface area contributed by atoms with Crippen LogP contribution in [0.5, 0.6) is 11.8 Å². The molecule has 0 unspecified atom stereocenters. The first-order valence-electron chi connectivity index (χ1n) is 9.12. The van der Waals surface area contributed by atoms with Gasteiger partial charge in [-0.05, 0) is 30.3 Å². The molecule has 1 N–H and O–H groups in total. The van der Waals surface area contributed by atoms with E-state index in [4.69, 9.17) is 25.4 Å². The Morgan fingerprint density at radius 2 is 1.72 bits per heavy atom. The van der Waals surface area contributed by atoms with E-state index < -0.39 is 0 Å². The summed E-state index contributed by atoms with van der Waals surface area (Å²) in [6.07, 6.45) is 5.50. The maximum atomic E-state index is 5.69. The minimum Gasteiger partial charge on any atom is -0.491 e. The van der Waals surface area contributed by atoms with Crippen LogP contribution in [0.3, 0.4) is 0 Å². The van der Waals surface area contributed by atoms with Crippen LogP contribution in [0, 0.1) is 12.3 Å². The second-order valence-corrected chi connectivity index (χ2v) is 6.07. The van der Waals surface area contributed by atoms with Gasteiger partial charge in [0.15, 0.2) is 0 Å². The molecule has 0 saturated heterocycles. The van der Waals surface area contributed by atoms with Crippen molar-refractivity contribution in [1.82, 2.24) is 9.97 Å². The molecule has 1 heterocycles. The average Bonchev–Trinajstić information content (AvgIpc) is 2.74. The number of nitrogens with zero attached hydrogens (tertiary/aromatic N) is 2. The zero-order valence-corrected chi connectivity index (χ0v) is 16.5. The van der Waals surface area contributed by atoms with Gasteiger partial charge in [0.25, 0.3) is 0 Å². The monoisotopic (exact) mass is 393 g/mol. The number of aromatic nitrogens is 2. The molecule has 0 amide bonds. The van der Waals surface area contributed by atoms with Crippen molar-refractivity contribution in [2.45, 2.75) is 0 Å². The number of methoxy groups -OCH3 is 2. The van der Waals surface area contributed by atoms with Crippen LogP contribution < -0.4 is 14.8 Å². The molecule has 0 atom stereocenters. The van der Waals surface area contributed by atoms with E-state index in [2.05, 4.69) is 21.2 Å². The number of anilines is 2. The Balaban J connectivity index is 1.95. The van der Waals surface area contributed by atoms with E-state index in [9.17, 15) is 0 Å². The lowest BCUT2D eigenvalue weighted by molar-refractivity contribution is 0.141. The summed E-state index contributed by atoms with van der Waals surface area (Å²) in [5.41, 5.74) is 2.29. The number of terminal acetylenes is 1. The fourth-order valence-electron chi connectivity index (χ4n) is 2.62. The molecular weight excluding hydrogens is 370 g/mol. The van der Waals surface area contributed by atoms with E-state index in [0.29, 0.717) is 43.5 Å². The van der Waals surface area contributed by atoms with Crippen LogP contribution in [-0.4, -0.2) is 50.6 Å². The molecule has 0 bridgehead atoms. The molecular formula is C22H23N3O4. The normalized spacial score (nSPS) is 10.5. The maximum Gasteiger partial charge on any atom is 0.319 e. The predicted molar refractivity (Wildman–Crippen MR) is 112 cm³/mol. The first-order valence-corrected chi connectivity index (χ1v) is 9.12. The highest BCUT2D eigenvalue weighted by molar-refractivity contribution is 5.92. The lowest BCUT2D eigenvalue weighted by Crippen LogP contribution is -2.08. The lowest BCUT2D eigenvalue weighted by Gasteiger charge is -2.13. The van der Waals surface area contributed by atoms with Gasteiger partial charge in [-0.25, -0.2) is 0 Å². The third-order valence-corrected chi connectivity index (χ3v) is 4.01. The van der Waals surface area contributed by atoms with Crippen molar-refractivity contribution >= 4 is 22.4 Å². The zero-order chi connectivity index (χ0) is 20.5. The number of hydrogen-bond acceptors (Lipinski definition) is 7. The molecule has 29 heavy (non-hydrogen) atoms. The third kappa shape index (κ3) is 5.57. The Hall–Kier alpha value is -3.34. The van der Waals surface area contributed by atoms with Gasteiger partial charge in [-0.15, -0.1) is 6.42 Å². The number of hydrogen-bond donors (Lipinski definition) is 1. The van der Waals surface area contributed by atoms with E-state index in [0.717, 1.165) is 16.6 Å². The lowest BCUT2D eigenvalue weighted by atomic mass is 10.2. The number of ether oxygens (including phenoxy) is 4. The molecule has 0 fully saturated rings. The summed E-state index contributed by atoms with van der Waals surface area (Å²) in [6, 6.07) is 13.4. The molecule has 2 aromatic carbocycles. The Kier molecular flexibility index (Phi) is 7.22. The summed E-state index contributed by atoms with van der Waals surface area (Å²) in [5.74, 6) is 3.93. The van der Waals surface area contributed by atoms with Crippen molar-refractivity contribution < 1.29 is 18.9 Å². The van der Waals surface area contributed by atoms with Crippen molar-refractivity contribution in [1.29, 1.82) is 0 Å². The van der Waals surface area contributed by atoms with Gasteiger partial charge in [0.1, 0.15) is 24.8 Å². The largest absolute Gasteiger partial charge is 0.491 e. The quantitative estimate of drug-likeness (QED) is 0.418. The van der Waals surface area contributed by atoms with E-state index in [-0.39, 0.29) is 6.01 Å². The van der Waals surface area contributed by atoms with Crippen molar-refractivity contribution in [2.75, 3.05) is 46.0 Å². The molecule has 150 valence electrons. The van der Waals surface area contributed by atoms with Crippen molar-refractivity contribution in [3.05, 3.63) is 48.0 Å². The molecule has 0 saturated carbocycles. The number of rotatable bonds is 10. The Morgan fingerprint density at radius 1 is 0.931 bits per heavy atom. The van der Waals surface area contributed by atoms with Gasteiger partial charge in [0.05, 0.1) is 18.7 Å². The fraction of sp³-hybridized carbons (Fsp3) is 0.273. The van der Waals surface area contributed by atoms with Crippen LogP contribution in [-0.2, 0) is 9.47 Å². The third-order valence-electron chi connectivity index (χ3n) is 4.01. The molecule has 3 rings (SSSR count). The standard InChI is InChI=1S/C22H23N3O4/c1-4-16-6-5-7-17(14-16)23-21-19-9-8-18(28-12-10-26-2)15-20(19)24-22(25-21)29-13-11-27-3/h1,5-9,14-15H,10-13H2,2-3H3,(H,23,24,25). The maximum absolute atomic E-state index is 5.69. The zero-order valence-electron chi connectivity index (χ0n) is 16.5. The molecule has 3 aromatic rings. The SMILES string of the molecule is C#Cc1cccc(Nc2nc(OCCOC)nc3cc(OCCOC)ccc23)c1. The highest BCUT2D eigenvalue weighted by atomic mass is 16.5. The van der Waals surface area contributed by atoms with Crippen LogP contribution in [0.4, 0.5) is 11.5 Å². The summed E-state index contributed by atoms with van der Waals surface area (Å²) in [6.45, 7) is 1.74. The van der Waals surface area contributed by atoms with Crippen LogP contribution >= 0.6 is 0 Å². The first-order chi connectivity index (χ1) is 14.2. The van der Waals surface area contributed by atoms with Crippen molar-refractivity contribution in [2.24, 2.45) is 0 Å². The second-order valence-electron chi connectivity index (χ2n) is 6.07. The summed E-state index contributed by atoms with van der Waals surface area (Å²) >= 11 is 0. The highest BCUT2D eigenvalue weighted by Gasteiger charge is 2.11. The first kappa shape index (κ1) is 20.4. The smallest absolute Gasteiger partial charge is 0.319 e. The van der Waals surface area contributed by atoms with Gasteiger partial charge in [-0.3, -0.25) is 0 Å². The minimum absolute atomic E-state index is 0.249.